The second-order valence-electron chi connectivity index (χ2n) is 4.61. The number of nitrogens with zero attached hydrogens (tertiary/aromatic N) is 5. The van der Waals surface area contributed by atoms with Gasteiger partial charge in [0, 0.05) is 24.2 Å². The van der Waals surface area contributed by atoms with Crippen LogP contribution in [0.4, 0.5) is 0 Å². The highest BCUT2D eigenvalue weighted by Gasteiger charge is 2.18. The van der Waals surface area contributed by atoms with Gasteiger partial charge in [0.05, 0.1) is 23.4 Å². The van der Waals surface area contributed by atoms with Gasteiger partial charge in [-0.3, -0.25) is 0 Å². The average molecular weight is 310 g/mol. The zero-order chi connectivity index (χ0) is 14.1. The van der Waals surface area contributed by atoms with Crippen molar-refractivity contribution in [3.8, 4) is 0 Å². The topological polar surface area (TPSA) is 48.5 Å². The van der Waals surface area contributed by atoms with Crippen molar-refractivity contribution >= 4 is 34.1 Å². The molecule has 0 saturated carbocycles. The van der Waals surface area contributed by atoms with Crippen LogP contribution in [0.15, 0.2) is 10.9 Å². The zero-order valence-electron chi connectivity index (χ0n) is 11.5. The number of hydrogen-bond donors (Lipinski definition) is 0. The molecule has 3 aromatic heterocycles. The summed E-state index contributed by atoms with van der Waals surface area (Å²) in [5.41, 5.74) is 5.91. The molecule has 7 heteroatoms. The van der Waals surface area contributed by atoms with Crippen LogP contribution in [0.3, 0.4) is 0 Å². The van der Waals surface area contributed by atoms with Crippen LogP contribution in [0.2, 0.25) is 0 Å². The SMILES string of the molecule is CCn1nc(C)c2nc(CCCl)n(Cc3cscn3)c21. The average Bonchev–Trinajstić information content (AvgIpc) is 3.12. The summed E-state index contributed by atoms with van der Waals surface area (Å²) in [5.74, 6) is 1.57. The Kier molecular flexibility index (Phi) is 3.76. The van der Waals surface area contributed by atoms with Gasteiger partial charge in [0.1, 0.15) is 11.3 Å². The third-order valence-corrected chi connectivity index (χ3v) is 4.12. The normalized spacial score (nSPS) is 11.6. The van der Waals surface area contributed by atoms with Crippen molar-refractivity contribution in [2.24, 2.45) is 0 Å². The van der Waals surface area contributed by atoms with E-state index in [2.05, 4.69) is 27.0 Å². The molecule has 0 aliphatic heterocycles. The summed E-state index contributed by atoms with van der Waals surface area (Å²) in [6, 6.07) is 0. The minimum Gasteiger partial charge on any atom is -0.307 e. The lowest BCUT2D eigenvalue weighted by Crippen LogP contribution is -2.10. The first-order valence-corrected chi connectivity index (χ1v) is 8.07. The first-order chi connectivity index (χ1) is 9.74. The van der Waals surface area contributed by atoms with E-state index >= 15 is 0 Å². The molecule has 0 unspecified atom stereocenters. The lowest BCUT2D eigenvalue weighted by molar-refractivity contribution is 0.633. The molecule has 0 aliphatic rings. The lowest BCUT2D eigenvalue weighted by Gasteiger charge is -2.08. The van der Waals surface area contributed by atoms with Crippen molar-refractivity contribution in [3.05, 3.63) is 28.1 Å². The Morgan fingerprint density at radius 3 is 2.90 bits per heavy atom. The van der Waals surface area contributed by atoms with E-state index in [4.69, 9.17) is 16.6 Å². The first-order valence-electron chi connectivity index (χ1n) is 6.60. The summed E-state index contributed by atoms with van der Waals surface area (Å²) in [6.07, 6.45) is 0.753. The van der Waals surface area contributed by atoms with Gasteiger partial charge >= 0.3 is 0 Å². The van der Waals surface area contributed by atoms with Gasteiger partial charge in [-0.2, -0.15) is 5.10 Å². The van der Waals surface area contributed by atoms with Gasteiger partial charge in [-0.25, -0.2) is 14.6 Å². The lowest BCUT2D eigenvalue weighted by atomic mass is 10.4. The Morgan fingerprint density at radius 2 is 2.25 bits per heavy atom. The molecule has 5 nitrogen and oxygen atoms in total. The third kappa shape index (κ3) is 2.23. The van der Waals surface area contributed by atoms with E-state index < -0.39 is 0 Å². The highest BCUT2D eigenvalue weighted by Crippen LogP contribution is 2.21. The Bertz CT molecular complexity index is 713. The Morgan fingerprint density at radius 1 is 1.40 bits per heavy atom. The number of thiazole rings is 1. The molecule has 0 aliphatic carbocycles. The van der Waals surface area contributed by atoms with E-state index in [1.165, 1.54) is 0 Å². The fraction of sp³-hybridized carbons (Fsp3) is 0.462. The van der Waals surface area contributed by atoms with E-state index in [0.29, 0.717) is 5.88 Å². The van der Waals surface area contributed by atoms with E-state index in [9.17, 15) is 0 Å². The van der Waals surface area contributed by atoms with Crippen LogP contribution in [0.5, 0.6) is 0 Å². The molecule has 3 rings (SSSR count). The molecule has 0 bridgehead atoms. The quantitative estimate of drug-likeness (QED) is 0.681. The highest BCUT2D eigenvalue weighted by molar-refractivity contribution is 7.07. The number of aromatic nitrogens is 5. The summed E-state index contributed by atoms with van der Waals surface area (Å²) in [7, 11) is 0. The van der Waals surface area contributed by atoms with Crippen molar-refractivity contribution in [2.75, 3.05) is 5.88 Å². The van der Waals surface area contributed by atoms with Crippen molar-refractivity contribution in [1.82, 2.24) is 24.3 Å². The molecular weight excluding hydrogens is 294 g/mol. The van der Waals surface area contributed by atoms with Crippen molar-refractivity contribution in [1.29, 1.82) is 0 Å². The van der Waals surface area contributed by atoms with Gasteiger partial charge in [0.25, 0.3) is 0 Å². The smallest absolute Gasteiger partial charge is 0.159 e. The minimum atomic E-state index is 0.565. The molecule has 0 aromatic carbocycles. The van der Waals surface area contributed by atoms with Crippen LogP contribution in [0.25, 0.3) is 11.2 Å². The van der Waals surface area contributed by atoms with E-state index in [0.717, 1.165) is 47.9 Å². The van der Waals surface area contributed by atoms with Crippen molar-refractivity contribution in [2.45, 2.75) is 33.4 Å². The molecule has 3 aromatic rings. The number of aryl methyl sites for hydroxylation is 3. The molecule has 20 heavy (non-hydrogen) atoms. The van der Waals surface area contributed by atoms with Gasteiger partial charge in [-0.05, 0) is 13.8 Å². The predicted molar refractivity (Wildman–Crippen MR) is 81.6 cm³/mol. The summed E-state index contributed by atoms with van der Waals surface area (Å²) in [5, 5.41) is 6.61. The van der Waals surface area contributed by atoms with Crippen LogP contribution in [-0.2, 0) is 19.5 Å². The van der Waals surface area contributed by atoms with Crippen molar-refractivity contribution < 1.29 is 0 Å². The van der Waals surface area contributed by atoms with Crippen LogP contribution in [0, 0.1) is 6.92 Å². The van der Waals surface area contributed by atoms with E-state index in [1.807, 2.05) is 17.1 Å². The summed E-state index contributed by atoms with van der Waals surface area (Å²) >= 11 is 7.52. The number of alkyl halides is 1. The van der Waals surface area contributed by atoms with Gasteiger partial charge < -0.3 is 4.57 Å². The molecule has 106 valence electrons. The molecule has 0 N–H and O–H groups in total. The minimum absolute atomic E-state index is 0.565. The second-order valence-corrected chi connectivity index (χ2v) is 5.70. The molecule has 0 fully saturated rings. The maximum absolute atomic E-state index is 5.91. The second kappa shape index (κ2) is 5.54. The highest BCUT2D eigenvalue weighted by atomic mass is 35.5. The maximum atomic E-state index is 5.91. The fourth-order valence-electron chi connectivity index (χ4n) is 2.41. The molecule has 0 spiro atoms. The zero-order valence-corrected chi connectivity index (χ0v) is 13.1. The molecular formula is C13H16ClN5S. The Hall–Kier alpha value is -1.40. The molecule has 3 heterocycles. The molecule has 0 atom stereocenters. The predicted octanol–water partition coefficient (Wildman–Crippen LogP) is 2.85. The van der Waals surface area contributed by atoms with E-state index in [1.54, 1.807) is 11.3 Å². The van der Waals surface area contributed by atoms with Crippen LogP contribution < -0.4 is 0 Å². The van der Waals surface area contributed by atoms with Gasteiger partial charge in [-0.1, -0.05) is 0 Å². The van der Waals surface area contributed by atoms with Gasteiger partial charge in [0.2, 0.25) is 0 Å². The summed E-state index contributed by atoms with van der Waals surface area (Å²) in [6.45, 7) is 5.64. The Labute approximate surface area is 126 Å². The first kappa shape index (κ1) is 13.6. The fourth-order valence-corrected chi connectivity index (χ4v) is 3.13. The summed E-state index contributed by atoms with van der Waals surface area (Å²) in [4.78, 5) is 9.09. The summed E-state index contributed by atoms with van der Waals surface area (Å²) < 4.78 is 4.19. The van der Waals surface area contributed by atoms with Crippen LogP contribution in [-0.4, -0.2) is 30.2 Å². The monoisotopic (exact) mass is 309 g/mol. The van der Waals surface area contributed by atoms with Crippen LogP contribution in [0.1, 0.15) is 24.1 Å². The van der Waals surface area contributed by atoms with E-state index in [-0.39, 0.29) is 0 Å². The number of fused-ring (bicyclic) bond motifs is 1. The maximum Gasteiger partial charge on any atom is 0.159 e. The number of imidazole rings is 1. The number of rotatable bonds is 5. The third-order valence-electron chi connectivity index (χ3n) is 3.30. The molecule has 0 saturated heterocycles. The number of hydrogen-bond acceptors (Lipinski definition) is 4. The standard InChI is InChI=1S/C13H16ClN5S/c1-3-19-13-12(9(2)17-19)16-11(4-5-14)18(13)6-10-7-20-8-15-10/h7-8H,3-6H2,1-2H3. The van der Waals surface area contributed by atoms with Crippen molar-refractivity contribution in [3.63, 3.8) is 0 Å². The molecule has 0 radical (unpaired) electrons. The number of halogens is 1. The Balaban J connectivity index is 2.16. The largest absolute Gasteiger partial charge is 0.307 e. The van der Waals surface area contributed by atoms with Gasteiger partial charge in [0.15, 0.2) is 5.65 Å². The van der Waals surface area contributed by atoms with Gasteiger partial charge in [-0.15, -0.1) is 22.9 Å². The molecule has 0 amide bonds. The van der Waals surface area contributed by atoms with Crippen LogP contribution >= 0.6 is 22.9 Å².